The first-order valence-corrected chi connectivity index (χ1v) is 7.38. The van der Waals surface area contributed by atoms with Crippen LogP contribution < -0.4 is 21.5 Å². The molecule has 2 rings (SSSR count). The monoisotopic (exact) mass is 308 g/mol. The molecule has 1 saturated heterocycles. The number of hydrogen-bond acceptors (Lipinski definition) is 4. The summed E-state index contributed by atoms with van der Waals surface area (Å²) in [5.41, 5.74) is 6.10. The Morgan fingerprint density at radius 1 is 1.29 bits per heavy atom. The number of carbonyl (C=O) groups is 1. The van der Waals surface area contributed by atoms with Crippen molar-refractivity contribution in [1.29, 1.82) is 0 Å². The molecule has 1 heterocycles. The Morgan fingerprint density at radius 2 is 2.10 bits per heavy atom. The molecule has 114 valence electrons. The van der Waals surface area contributed by atoms with E-state index in [1.165, 1.54) is 0 Å². The fourth-order valence-corrected chi connectivity index (χ4v) is 2.10. The molecule has 1 aromatic carbocycles. The lowest BCUT2D eigenvalue weighted by Crippen LogP contribution is -2.49. The van der Waals surface area contributed by atoms with Crippen molar-refractivity contribution in [2.75, 3.05) is 25.0 Å². The lowest BCUT2D eigenvalue weighted by molar-refractivity contribution is -0.119. The van der Waals surface area contributed by atoms with E-state index in [1.54, 1.807) is 0 Å². The van der Waals surface area contributed by atoms with Gasteiger partial charge in [-0.25, -0.2) is 0 Å². The van der Waals surface area contributed by atoms with Gasteiger partial charge in [-0.1, -0.05) is 18.2 Å². The lowest BCUT2D eigenvalue weighted by Gasteiger charge is -2.14. The van der Waals surface area contributed by atoms with E-state index in [0.29, 0.717) is 11.7 Å². The number of hydrazine groups is 1. The summed E-state index contributed by atoms with van der Waals surface area (Å²) in [6.07, 6.45) is 2.34. The van der Waals surface area contributed by atoms with Crippen LogP contribution in [0.3, 0.4) is 0 Å². The van der Waals surface area contributed by atoms with Crippen molar-refractivity contribution in [3.8, 4) is 0 Å². The van der Waals surface area contributed by atoms with Gasteiger partial charge in [0, 0.05) is 18.8 Å². The van der Waals surface area contributed by atoms with Crippen molar-refractivity contribution in [3.63, 3.8) is 0 Å². The predicted octanol–water partition coefficient (Wildman–Crippen LogP) is 0.773. The van der Waals surface area contributed by atoms with E-state index in [9.17, 15) is 4.79 Å². The minimum Gasteiger partial charge on any atom is -0.376 e. The molecule has 1 atom stereocenters. The first-order valence-electron chi connectivity index (χ1n) is 6.97. The van der Waals surface area contributed by atoms with Gasteiger partial charge in [0.15, 0.2) is 5.11 Å². The number of hydrogen-bond donors (Lipinski definition) is 4. The SMILES string of the molecule is O=C(CNc1ccccc1)NNC(=S)NC[C@@H]1CCCO1. The van der Waals surface area contributed by atoms with Crippen LogP contribution in [0.25, 0.3) is 0 Å². The number of para-hydroxylation sites is 1. The van der Waals surface area contributed by atoms with Gasteiger partial charge in [-0.05, 0) is 37.2 Å². The molecule has 0 bridgehead atoms. The summed E-state index contributed by atoms with van der Waals surface area (Å²) in [7, 11) is 0. The maximum Gasteiger partial charge on any atom is 0.257 e. The Labute approximate surface area is 129 Å². The van der Waals surface area contributed by atoms with Crippen molar-refractivity contribution in [2.24, 2.45) is 0 Å². The summed E-state index contributed by atoms with van der Waals surface area (Å²) in [6, 6.07) is 9.53. The van der Waals surface area contributed by atoms with E-state index in [-0.39, 0.29) is 18.6 Å². The molecular weight excluding hydrogens is 288 g/mol. The molecule has 1 aromatic rings. The van der Waals surface area contributed by atoms with Crippen molar-refractivity contribution in [3.05, 3.63) is 30.3 Å². The average molecular weight is 308 g/mol. The standard InChI is InChI=1S/C14H20N4O2S/c19-13(10-15-11-5-2-1-3-6-11)17-18-14(21)16-9-12-7-4-8-20-12/h1-3,5-6,12,15H,4,7-10H2,(H,17,19)(H2,16,18,21)/t12-/m0/s1. The number of ether oxygens (including phenoxy) is 1. The van der Waals surface area contributed by atoms with Crippen LogP contribution in [0.4, 0.5) is 5.69 Å². The second kappa shape index (κ2) is 8.43. The van der Waals surface area contributed by atoms with Crippen LogP contribution in [0, 0.1) is 0 Å². The highest BCUT2D eigenvalue weighted by Gasteiger charge is 2.15. The predicted molar refractivity (Wildman–Crippen MR) is 85.8 cm³/mol. The summed E-state index contributed by atoms with van der Waals surface area (Å²) in [6.45, 7) is 1.64. The highest BCUT2D eigenvalue weighted by atomic mass is 32.1. The Balaban J connectivity index is 1.56. The Bertz CT molecular complexity index is 463. The van der Waals surface area contributed by atoms with Crippen LogP contribution in [-0.2, 0) is 9.53 Å². The summed E-state index contributed by atoms with van der Waals surface area (Å²) in [5, 5.41) is 6.41. The first-order chi connectivity index (χ1) is 10.2. The molecule has 1 aliphatic heterocycles. The van der Waals surface area contributed by atoms with Gasteiger partial charge in [-0.2, -0.15) is 0 Å². The van der Waals surface area contributed by atoms with E-state index in [2.05, 4.69) is 21.5 Å². The van der Waals surface area contributed by atoms with Crippen molar-refractivity contribution >= 4 is 28.9 Å². The Kier molecular flexibility index (Phi) is 6.23. The third-order valence-electron chi connectivity index (χ3n) is 3.06. The molecule has 4 N–H and O–H groups in total. The largest absolute Gasteiger partial charge is 0.376 e. The highest BCUT2D eigenvalue weighted by molar-refractivity contribution is 7.80. The second-order valence-electron chi connectivity index (χ2n) is 4.74. The summed E-state index contributed by atoms with van der Waals surface area (Å²) >= 11 is 5.07. The molecule has 1 amide bonds. The van der Waals surface area contributed by atoms with Crippen LogP contribution in [0.5, 0.6) is 0 Å². The van der Waals surface area contributed by atoms with Gasteiger partial charge < -0.3 is 15.4 Å². The van der Waals surface area contributed by atoms with Gasteiger partial charge >= 0.3 is 0 Å². The fraction of sp³-hybridized carbons (Fsp3) is 0.429. The number of benzene rings is 1. The molecule has 21 heavy (non-hydrogen) atoms. The topological polar surface area (TPSA) is 74.4 Å². The minimum atomic E-state index is -0.194. The first kappa shape index (κ1) is 15.5. The van der Waals surface area contributed by atoms with E-state index in [0.717, 1.165) is 25.1 Å². The number of carbonyl (C=O) groups excluding carboxylic acids is 1. The van der Waals surface area contributed by atoms with Crippen molar-refractivity contribution < 1.29 is 9.53 Å². The van der Waals surface area contributed by atoms with E-state index >= 15 is 0 Å². The van der Waals surface area contributed by atoms with Gasteiger partial charge in [-0.15, -0.1) is 0 Å². The minimum absolute atomic E-state index is 0.172. The zero-order valence-corrected chi connectivity index (χ0v) is 12.5. The molecule has 0 saturated carbocycles. The highest BCUT2D eigenvalue weighted by Crippen LogP contribution is 2.10. The third-order valence-corrected chi connectivity index (χ3v) is 3.30. The number of thiocarbonyl (C=S) groups is 1. The van der Waals surface area contributed by atoms with Crippen molar-refractivity contribution in [2.45, 2.75) is 18.9 Å². The van der Waals surface area contributed by atoms with Crippen LogP contribution in [0.2, 0.25) is 0 Å². The average Bonchev–Trinajstić information content (AvgIpc) is 3.03. The number of rotatable bonds is 5. The normalized spacial score (nSPS) is 17.0. The summed E-state index contributed by atoms with van der Waals surface area (Å²) < 4.78 is 5.47. The molecular formula is C14H20N4O2S. The molecule has 0 aliphatic carbocycles. The van der Waals surface area contributed by atoms with Gasteiger partial charge in [0.25, 0.3) is 5.91 Å². The molecule has 6 nitrogen and oxygen atoms in total. The van der Waals surface area contributed by atoms with E-state index in [1.807, 2.05) is 30.3 Å². The van der Waals surface area contributed by atoms with Crippen LogP contribution in [0.15, 0.2) is 30.3 Å². The van der Waals surface area contributed by atoms with Crippen LogP contribution >= 0.6 is 12.2 Å². The second-order valence-corrected chi connectivity index (χ2v) is 5.15. The molecule has 0 spiro atoms. The Hall–Kier alpha value is -1.86. The smallest absolute Gasteiger partial charge is 0.257 e. The molecule has 7 heteroatoms. The van der Waals surface area contributed by atoms with E-state index in [4.69, 9.17) is 17.0 Å². The number of anilines is 1. The van der Waals surface area contributed by atoms with Gasteiger partial charge in [-0.3, -0.25) is 15.6 Å². The molecule has 1 aliphatic rings. The molecule has 0 radical (unpaired) electrons. The fourth-order valence-electron chi connectivity index (χ4n) is 1.97. The third kappa shape index (κ3) is 5.97. The van der Waals surface area contributed by atoms with Gasteiger partial charge in [0.2, 0.25) is 0 Å². The van der Waals surface area contributed by atoms with Gasteiger partial charge in [0.05, 0.1) is 12.6 Å². The summed E-state index contributed by atoms with van der Waals surface area (Å²) in [4.78, 5) is 11.6. The number of nitrogens with one attached hydrogen (secondary N) is 4. The number of amides is 1. The van der Waals surface area contributed by atoms with Crippen LogP contribution in [-0.4, -0.2) is 36.8 Å². The van der Waals surface area contributed by atoms with Gasteiger partial charge in [0.1, 0.15) is 0 Å². The zero-order chi connectivity index (χ0) is 14.9. The quantitative estimate of drug-likeness (QED) is 0.476. The van der Waals surface area contributed by atoms with E-state index < -0.39 is 0 Å². The van der Waals surface area contributed by atoms with Crippen molar-refractivity contribution in [1.82, 2.24) is 16.2 Å². The summed E-state index contributed by atoms with van der Waals surface area (Å²) in [5.74, 6) is -0.194. The van der Waals surface area contributed by atoms with Crippen LogP contribution in [0.1, 0.15) is 12.8 Å². The lowest BCUT2D eigenvalue weighted by atomic mass is 10.2. The maximum atomic E-state index is 11.6. The molecule has 0 unspecified atom stereocenters. The zero-order valence-electron chi connectivity index (χ0n) is 11.7. The molecule has 1 fully saturated rings. The Morgan fingerprint density at radius 3 is 2.81 bits per heavy atom. The molecule has 0 aromatic heterocycles. The maximum absolute atomic E-state index is 11.6.